The third-order valence-corrected chi connectivity index (χ3v) is 8.13. The highest BCUT2D eigenvalue weighted by atomic mass is 35.5. The molecule has 0 saturated heterocycles. The minimum atomic E-state index is -3.62. The third kappa shape index (κ3) is 8.31. The van der Waals surface area contributed by atoms with E-state index >= 15 is 0 Å². The summed E-state index contributed by atoms with van der Waals surface area (Å²) in [5, 5.41) is 3.15. The van der Waals surface area contributed by atoms with Crippen LogP contribution in [-0.4, -0.2) is 51.0 Å². The largest absolute Gasteiger partial charge is 0.357 e. The summed E-state index contributed by atoms with van der Waals surface area (Å²) in [5.41, 5.74) is 4.15. The minimum absolute atomic E-state index is 0.0692. The summed E-state index contributed by atoms with van der Waals surface area (Å²) < 4.78 is 26.6. The number of hydrogen-bond acceptors (Lipinski definition) is 4. The second kappa shape index (κ2) is 13.6. The summed E-state index contributed by atoms with van der Waals surface area (Å²) in [6, 6.07) is 21.7. The first-order valence-electron chi connectivity index (χ1n) is 12.8. The van der Waals surface area contributed by atoms with Gasteiger partial charge in [-0.25, -0.2) is 8.42 Å². The molecule has 1 atom stereocenters. The number of carbonyl (C=O) groups is 2. The van der Waals surface area contributed by atoms with Crippen molar-refractivity contribution in [1.82, 2.24) is 10.2 Å². The van der Waals surface area contributed by atoms with Gasteiger partial charge in [0.05, 0.1) is 11.9 Å². The van der Waals surface area contributed by atoms with Gasteiger partial charge in [-0.05, 0) is 54.7 Å². The average Bonchev–Trinajstić information content (AvgIpc) is 2.90. The maximum Gasteiger partial charge on any atom is 0.242 e. The lowest BCUT2D eigenvalue weighted by Gasteiger charge is -2.32. The molecule has 0 fully saturated rings. The minimum Gasteiger partial charge on any atom is -0.357 e. The molecule has 3 aromatic rings. The van der Waals surface area contributed by atoms with Crippen molar-refractivity contribution in [3.8, 4) is 0 Å². The van der Waals surface area contributed by atoms with E-state index in [0.29, 0.717) is 17.1 Å². The highest BCUT2D eigenvalue weighted by Crippen LogP contribution is 2.27. The highest BCUT2D eigenvalue weighted by molar-refractivity contribution is 7.92. The molecule has 208 valence electrons. The van der Waals surface area contributed by atoms with Gasteiger partial charge in [0.1, 0.15) is 6.04 Å². The first-order chi connectivity index (χ1) is 18.5. The lowest BCUT2D eigenvalue weighted by Crippen LogP contribution is -2.50. The van der Waals surface area contributed by atoms with Crippen LogP contribution in [0.3, 0.4) is 0 Å². The fourth-order valence-electron chi connectivity index (χ4n) is 4.53. The molecule has 2 amide bonds. The quantitative estimate of drug-likeness (QED) is 0.336. The fraction of sp³-hybridized carbons (Fsp3) is 0.333. The van der Waals surface area contributed by atoms with E-state index in [-0.39, 0.29) is 37.7 Å². The molecule has 39 heavy (non-hydrogen) atoms. The molecule has 3 aromatic carbocycles. The second-order valence-corrected chi connectivity index (χ2v) is 12.0. The molecule has 9 heteroatoms. The number of carbonyl (C=O) groups excluding carboxylic acids is 2. The fourth-order valence-corrected chi connectivity index (χ4v) is 5.71. The lowest BCUT2D eigenvalue weighted by molar-refractivity contribution is -0.141. The number of halogens is 1. The van der Waals surface area contributed by atoms with Gasteiger partial charge in [0.25, 0.3) is 0 Å². The van der Waals surface area contributed by atoms with Crippen LogP contribution in [0.1, 0.15) is 35.1 Å². The number of nitrogens with one attached hydrogen (secondary N) is 1. The van der Waals surface area contributed by atoms with Crippen LogP contribution < -0.4 is 9.62 Å². The van der Waals surface area contributed by atoms with E-state index in [9.17, 15) is 18.0 Å². The van der Waals surface area contributed by atoms with Crippen molar-refractivity contribution in [2.45, 2.75) is 45.7 Å². The molecule has 1 N–H and O–H groups in total. The molecule has 0 bridgehead atoms. The Hall–Kier alpha value is -3.36. The molecule has 0 aromatic heterocycles. The maximum atomic E-state index is 13.8. The van der Waals surface area contributed by atoms with Crippen molar-refractivity contribution in [1.29, 1.82) is 0 Å². The predicted octanol–water partition coefficient (Wildman–Crippen LogP) is 4.89. The number of anilines is 1. The number of likely N-dealkylation sites (N-methyl/N-ethyl adjacent to an activating group) is 1. The summed E-state index contributed by atoms with van der Waals surface area (Å²) in [5.74, 6) is -0.479. The molecule has 1 unspecified atom stereocenters. The van der Waals surface area contributed by atoms with Crippen molar-refractivity contribution >= 4 is 39.1 Å². The Morgan fingerprint density at radius 1 is 0.949 bits per heavy atom. The highest BCUT2D eigenvalue weighted by Gasteiger charge is 2.30. The molecule has 3 rings (SSSR count). The number of aryl methyl sites for hydroxylation is 2. The zero-order valence-electron chi connectivity index (χ0n) is 22.9. The molecular formula is C30H36ClN3O4S. The van der Waals surface area contributed by atoms with Gasteiger partial charge in [0, 0.05) is 38.0 Å². The van der Waals surface area contributed by atoms with Crippen LogP contribution in [-0.2, 0) is 32.6 Å². The average molecular weight is 570 g/mol. The van der Waals surface area contributed by atoms with Crippen molar-refractivity contribution in [2.24, 2.45) is 0 Å². The van der Waals surface area contributed by atoms with Gasteiger partial charge < -0.3 is 10.2 Å². The van der Waals surface area contributed by atoms with Gasteiger partial charge in [-0.2, -0.15) is 0 Å². The summed E-state index contributed by atoms with van der Waals surface area (Å²) in [6.07, 6.45) is 1.84. The third-order valence-electron chi connectivity index (χ3n) is 6.71. The molecular weight excluding hydrogens is 534 g/mol. The molecule has 7 nitrogen and oxygen atoms in total. The normalized spacial score (nSPS) is 12.0. The summed E-state index contributed by atoms with van der Waals surface area (Å²) in [4.78, 5) is 28.5. The molecule has 0 aliphatic rings. The van der Waals surface area contributed by atoms with Crippen molar-refractivity contribution < 1.29 is 18.0 Å². The zero-order valence-corrected chi connectivity index (χ0v) is 24.4. The van der Waals surface area contributed by atoms with Crippen LogP contribution in [0.5, 0.6) is 0 Å². The summed E-state index contributed by atoms with van der Waals surface area (Å²) >= 11 is 6.15. The molecule has 0 radical (unpaired) electrons. The number of benzene rings is 3. The van der Waals surface area contributed by atoms with E-state index in [0.717, 1.165) is 28.5 Å². The van der Waals surface area contributed by atoms with Crippen LogP contribution in [0.25, 0.3) is 0 Å². The molecule has 0 aliphatic heterocycles. The Balaban J connectivity index is 1.87. The number of sulfonamides is 1. The Morgan fingerprint density at radius 2 is 1.62 bits per heavy atom. The topological polar surface area (TPSA) is 86.8 Å². The lowest BCUT2D eigenvalue weighted by atomic mass is 10.0. The van der Waals surface area contributed by atoms with Gasteiger partial charge in [0.2, 0.25) is 21.8 Å². The van der Waals surface area contributed by atoms with Crippen molar-refractivity contribution in [2.75, 3.05) is 24.2 Å². The molecule has 0 spiro atoms. The smallest absolute Gasteiger partial charge is 0.242 e. The number of amides is 2. The van der Waals surface area contributed by atoms with Gasteiger partial charge in [0.15, 0.2) is 0 Å². The van der Waals surface area contributed by atoms with Gasteiger partial charge in [-0.3, -0.25) is 13.9 Å². The van der Waals surface area contributed by atoms with Gasteiger partial charge in [-0.1, -0.05) is 72.3 Å². The Labute approximate surface area is 236 Å². The molecule has 0 saturated carbocycles. The van der Waals surface area contributed by atoms with E-state index in [2.05, 4.69) is 5.32 Å². The van der Waals surface area contributed by atoms with Crippen molar-refractivity contribution in [3.63, 3.8) is 0 Å². The number of hydrogen-bond donors (Lipinski definition) is 1. The maximum absolute atomic E-state index is 13.8. The first-order valence-corrected chi connectivity index (χ1v) is 15.1. The number of nitrogens with zero attached hydrogens (tertiary/aromatic N) is 2. The van der Waals surface area contributed by atoms with Crippen LogP contribution >= 0.6 is 11.6 Å². The Bertz CT molecular complexity index is 1400. The van der Waals surface area contributed by atoms with E-state index in [4.69, 9.17) is 11.6 Å². The van der Waals surface area contributed by atoms with E-state index in [1.54, 1.807) is 30.1 Å². The van der Waals surface area contributed by atoms with E-state index in [1.165, 1.54) is 4.31 Å². The van der Waals surface area contributed by atoms with E-state index in [1.807, 2.05) is 68.4 Å². The Morgan fingerprint density at radius 3 is 2.26 bits per heavy atom. The first kappa shape index (κ1) is 30.2. The second-order valence-electron chi connectivity index (χ2n) is 9.64. The van der Waals surface area contributed by atoms with Gasteiger partial charge >= 0.3 is 0 Å². The number of rotatable bonds is 12. The standard InChI is InChI=1S/C30H36ClN3O4S/c1-22-11-8-9-14-25(22)21-33(28(30(36)32-3)19-24-12-6-5-7-13-24)29(35)15-10-18-34(39(4,37)38)27-20-26(31)17-16-23(27)2/h5-9,11-14,16-17,20,28H,10,15,18-19,21H2,1-4H3,(H,32,36). The van der Waals surface area contributed by atoms with Crippen molar-refractivity contribution in [3.05, 3.63) is 100 Å². The van der Waals surface area contributed by atoms with Crippen LogP contribution in [0.4, 0.5) is 5.69 Å². The predicted molar refractivity (Wildman–Crippen MR) is 157 cm³/mol. The Kier molecular flexibility index (Phi) is 10.5. The van der Waals surface area contributed by atoms with E-state index < -0.39 is 16.1 Å². The van der Waals surface area contributed by atoms with Gasteiger partial charge in [-0.15, -0.1) is 0 Å². The van der Waals surface area contributed by atoms with Crippen LogP contribution in [0.15, 0.2) is 72.8 Å². The molecule has 0 aliphatic carbocycles. The zero-order chi connectivity index (χ0) is 28.6. The monoisotopic (exact) mass is 569 g/mol. The SMILES string of the molecule is CNC(=O)C(Cc1ccccc1)N(Cc1ccccc1C)C(=O)CCCN(c1cc(Cl)ccc1C)S(C)(=O)=O. The summed E-state index contributed by atoms with van der Waals surface area (Å²) in [7, 11) is -2.05. The van der Waals surface area contributed by atoms with Crippen LogP contribution in [0, 0.1) is 13.8 Å². The molecule has 0 heterocycles. The van der Waals surface area contributed by atoms with Crippen LogP contribution in [0.2, 0.25) is 5.02 Å². The summed E-state index contributed by atoms with van der Waals surface area (Å²) in [6.45, 7) is 4.16.